The largest absolute Gasteiger partial charge is 0.497 e. The van der Waals surface area contributed by atoms with Gasteiger partial charge in [0.05, 0.1) is 33.5 Å². The molecule has 1 aromatic rings. The predicted molar refractivity (Wildman–Crippen MR) is 114 cm³/mol. The van der Waals surface area contributed by atoms with Crippen LogP contribution in [0.2, 0.25) is 0 Å². The zero-order chi connectivity index (χ0) is 21.2. The number of methoxy groups -OCH3 is 1. The molecule has 30 heavy (non-hydrogen) atoms. The van der Waals surface area contributed by atoms with Crippen LogP contribution in [-0.4, -0.2) is 39.0 Å². The fraction of sp³-hybridized carbons (Fsp3) is 0.640. The number of ketones is 1. The van der Waals surface area contributed by atoms with Crippen LogP contribution < -0.4 is 4.74 Å². The number of carbonyl (C=O) groups excluding carboxylic acids is 1. The maximum Gasteiger partial charge on any atom is 0.158 e. The van der Waals surface area contributed by atoms with Crippen LogP contribution in [0.3, 0.4) is 0 Å². The van der Waals surface area contributed by atoms with Gasteiger partial charge in [0.25, 0.3) is 0 Å². The fourth-order valence-corrected chi connectivity index (χ4v) is 5.86. The SMILES string of the molecule is COc1ccc(COC[C@]2(C)C=CC[C@@]3(C)[C@H]2CCC(=O)[C@@H]3CC2OCCO2)cc1. The number of hydrogen-bond acceptors (Lipinski definition) is 5. The highest BCUT2D eigenvalue weighted by atomic mass is 16.7. The highest BCUT2D eigenvalue weighted by molar-refractivity contribution is 5.83. The topological polar surface area (TPSA) is 54.0 Å². The molecule has 2 fully saturated rings. The third-order valence-electron chi connectivity index (χ3n) is 7.47. The first kappa shape index (κ1) is 21.5. The molecule has 0 aromatic heterocycles. The minimum atomic E-state index is -0.238. The molecule has 5 heteroatoms. The van der Waals surface area contributed by atoms with Gasteiger partial charge in [-0.3, -0.25) is 4.79 Å². The van der Waals surface area contributed by atoms with Gasteiger partial charge in [0, 0.05) is 24.2 Å². The number of allylic oxidation sites excluding steroid dienone is 1. The molecule has 1 saturated heterocycles. The zero-order valence-electron chi connectivity index (χ0n) is 18.4. The molecule has 0 radical (unpaired) electrons. The van der Waals surface area contributed by atoms with Crippen LogP contribution in [0.25, 0.3) is 0 Å². The molecule has 3 aliphatic rings. The second-order valence-electron chi connectivity index (χ2n) is 9.48. The first-order chi connectivity index (χ1) is 14.4. The summed E-state index contributed by atoms with van der Waals surface area (Å²) in [5.41, 5.74) is 0.960. The van der Waals surface area contributed by atoms with Gasteiger partial charge in [0.2, 0.25) is 0 Å². The van der Waals surface area contributed by atoms with Crippen LogP contribution in [0, 0.1) is 22.7 Å². The van der Waals surface area contributed by atoms with E-state index in [1.807, 2.05) is 24.3 Å². The van der Waals surface area contributed by atoms with Crippen molar-refractivity contribution in [1.29, 1.82) is 0 Å². The van der Waals surface area contributed by atoms with Gasteiger partial charge in [-0.25, -0.2) is 0 Å². The molecular formula is C25H34O5. The van der Waals surface area contributed by atoms with Gasteiger partial charge in [-0.05, 0) is 41.9 Å². The zero-order valence-corrected chi connectivity index (χ0v) is 18.4. The van der Waals surface area contributed by atoms with Crippen molar-refractivity contribution < 1.29 is 23.7 Å². The lowest BCUT2D eigenvalue weighted by Crippen LogP contribution is -2.53. The summed E-state index contributed by atoms with van der Waals surface area (Å²) in [4.78, 5) is 12.9. The van der Waals surface area contributed by atoms with Gasteiger partial charge in [0.1, 0.15) is 11.5 Å². The Morgan fingerprint density at radius 2 is 1.87 bits per heavy atom. The van der Waals surface area contributed by atoms with Crippen LogP contribution in [0.1, 0.15) is 45.1 Å². The van der Waals surface area contributed by atoms with Crippen molar-refractivity contribution in [3.63, 3.8) is 0 Å². The smallest absolute Gasteiger partial charge is 0.158 e. The van der Waals surface area contributed by atoms with Gasteiger partial charge in [0.15, 0.2) is 6.29 Å². The number of fused-ring (bicyclic) bond motifs is 1. The van der Waals surface area contributed by atoms with Gasteiger partial charge >= 0.3 is 0 Å². The molecule has 1 heterocycles. The maximum atomic E-state index is 12.9. The summed E-state index contributed by atoms with van der Waals surface area (Å²) < 4.78 is 22.8. The van der Waals surface area contributed by atoms with E-state index in [0.717, 1.165) is 24.2 Å². The molecule has 0 unspecified atom stereocenters. The van der Waals surface area contributed by atoms with E-state index in [4.69, 9.17) is 18.9 Å². The molecular weight excluding hydrogens is 380 g/mol. The fourth-order valence-electron chi connectivity index (χ4n) is 5.86. The Kier molecular flexibility index (Phi) is 6.33. The first-order valence-corrected chi connectivity index (χ1v) is 11.1. The van der Waals surface area contributed by atoms with Crippen molar-refractivity contribution >= 4 is 5.78 Å². The lowest BCUT2D eigenvalue weighted by molar-refractivity contribution is -0.149. The van der Waals surface area contributed by atoms with Crippen LogP contribution in [0.5, 0.6) is 5.75 Å². The standard InChI is InChI=1S/C25H34O5/c1-24(17-28-16-18-5-7-19(27-3)8-6-18)11-4-12-25(2)20(15-23-29-13-14-30-23)21(26)9-10-22(24)25/h4-8,11,20,22-23H,9-10,12-17H2,1-3H3/t20-,22-,24-,25+/m0/s1. The Morgan fingerprint density at radius 1 is 1.13 bits per heavy atom. The van der Waals surface area contributed by atoms with Crippen molar-refractivity contribution in [2.24, 2.45) is 22.7 Å². The maximum absolute atomic E-state index is 12.9. The van der Waals surface area contributed by atoms with Crippen LogP contribution in [-0.2, 0) is 25.6 Å². The van der Waals surface area contributed by atoms with Gasteiger partial charge < -0.3 is 18.9 Å². The monoisotopic (exact) mass is 414 g/mol. The molecule has 2 aliphatic carbocycles. The Balaban J connectivity index is 1.44. The van der Waals surface area contributed by atoms with Crippen LogP contribution in [0.4, 0.5) is 0 Å². The Bertz CT molecular complexity index is 766. The van der Waals surface area contributed by atoms with E-state index in [1.165, 1.54) is 0 Å². The molecule has 0 amide bonds. The van der Waals surface area contributed by atoms with Crippen molar-refractivity contribution in [2.45, 2.75) is 52.4 Å². The minimum Gasteiger partial charge on any atom is -0.497 e. The molecule has 1 aliphatic heterocycles. The van der Waals surface area contributed by atoms with Gasteiger partial charge in [-0.15, -0.1) is 0 Å². The number of carbonyl (C=O) groups is 1. The van der Waals surface area contributed by atoms with E-state index >= 15 is 0 Å². The molecule has 0 spiro atoms. The summed E-state index contributed by atoms with van der Waals surface area (Å²) in [5, 5.41) is 0. The summed E-state index contributed by atoms with van der Waals surface area (Å²) >= 11 is 0. The first-order valence-electron chi connectivity index (χ1n) is 11.1. The number of rotatable bonds is 7. The van der Waals surface area contributed by atoms with E-state index in [1.54, 1.807) is 7.11 Å². The highest BCUT2D eigenvalue weighted by Crippen LogP contribution is 2.58. The second kappa shape index (κ2) is 8.81. The molecule has 4 atom stereocenters. The Labute approximate surface area is 179 Å². The predicted octanol–water partition coefficient (Wildman–Crippen LogP) is 4.54. The van der Waals surface area contributed by atoms with E-state index in [9.17, 15) is 4.79 Å². The quantitative estimate of drug-likeness (QED) is 0.613. The third kappa shape index (κ3) is 4.20. The summed E-state index contributed by atoms with van der Waals surface area (Å²) in [6.07, 6.45) is 7.50. The van der Waals surface area contributed by atoms with E-state index in [2.05, 4.69) is 26.0 Å². The summed E-state index contributed by atoms with van der Waals surface area (Å²) in [6, 6.07) is 8.00. The lowest BCUT2D eigenvalue weighted by atomic mass is 9.49. The number of ether oxygens (including phenoxy) is 4. The molecule has 164 valence electrons. The molecule has 0 bridgehead atoms. The van der Waals surface area contributed by atoms with Crippen molar-refractivity contribution in [3.05, 3.63) is 42.0 Å². The van der Waals surface area contributed by atoms with E-state index in [0.29, 0.717) is 51.0 Å². The Morgan fingerprint density at radius 3 is 2.57 bits per heavy atom. The average Bonchev–Trinajstić information content (AvgIpc) is 3.24. The lowest BCUT2D eigenvalue weighted by Gasteiger charge is -2.55. The second-order valence-corrected chi connectivity index (χ2v) is 9.48. The Hall–Kier alpha value is -1.69. The van der Waals surface area contributed by atoms with Crippen molar-refractivity contribution in [3.8, 4) is 5.75 Å². The molecule has 0 N–H and O–H groups in total. The number of Topliss-reactive ketones (excluding diaryl/α,β-unsaturated/α-hetero) is 1. The van der Waals surface area contributed by atoms with Crippen LogP contribution in [0.15, 0.2) is 36.4 Å². The third-order valence-corrected chi connectivity index (χ3v) is 7.47. The molecule has 1 aromatic carbocycles. The van der Waals surface area contributed by atoms with Crippen molar-refractivity contribution in [1.82, 2.24) is 0 Å². The minimum absolute atomic E-state index is 0.0230. The van der Waals surface area contributed by atoms with Crippen molar-refractivity contribution in [2.75, 3.05) is 26.9 Å². The summed E-state index contributed by atoms with van der Waals surface area (Å²) in [6.45, 7) is 7.05. The van der Waals surface area contributed by atoms with E-state index in [-0.39, 0.29) is 23.0 Å². The average molecular weight is 415 g/mol. The van der Waals surface area contributed by atoms with Crippen LogP contribution >= 0.6 is 0 Å². The van der Waals surface area contributed by atoms with Gasteiger partial charge in [-0.2, -0.15) is 0 Å². The normalized spacial score (nSPS) is 34.2. The van der Waals surface area contributed by atoms with E-state index < -0.39 is 0 Å². The highest BCUT2D eigenvalue weighted by Gasteiger charge is 2.55. The number of hydrogen-bond donors (Lipinski definition) is 0. The van der Waals surface area contributed by atoms with Gasteiger partial charge in [-0.1, -0.05) is 38.1 Å². The number of benzene rings is 1. The molecule has 5 nitrogen and oxygen atoms in total. The molecule has 1 saturated carbocycles. The molecule has 4 rings (SSSR count). The summed E-state index contributed by atoms with van der Waals surface area (Å²) in [5.74, 6) is 1.59. The summed E-state index contributed by atoms with van der Waals surface area (Å²) in [7, 11) is 1.67.